The first-order valence-electron chi connectivity index (χ1n) is 7.41. The first-order valence-corrected chi connectivity index (χ1v) is 7.41. The number of phenolic OH excluding ortho intramolecular Hbond substituents is 1. The van der Waals surface area contributed by atoms with Gasteiger partial charge in [0.25, 0.3) is 0 Å². The first-order chi connectivity index (χ1) is 8.88. The van der Waals surface area contributed by atoms with Crippen LogP contribution >= 0.6 is 0 Å². The van der Waals surface area contributed by atoms with E-state index in [2.05, 4.69) is 32.6 Å². The number of benzene rings is 1. The van der Waals surface area contributed by atoms with Crippen molar-refractivity contribution in [2.24, 2.45) is 11.3 Å². The third-order valence-electron chi connectivity index (χ3n) is 4.68. The molecule has 2 rings (SSSR count). The molecule has 1 aliphatic rings. The highest BCUT2D eigenvalue weighted by molar-refractivity contribution is 5.27. The smallest absolute Gasteiger partial charge is 0.115 e. The molecule has 0 aromatic heterocycles. The van der Waals surface area contributed by atoms with E-state index in [1.54, 1.807) is 12.1 Å². The lowest BCUT2D eigenvalue weighted by Gasteiger charge is -2.41. The second-order valence-electron chi connectivity index (χ2n) is 6.94. The normalized spacial score (nSPS) is 20.4. The van der Waals surface area contributed by atoms with Crippen molar-refractivity contribution in [3.63, 3.8) is 0 Å². The van der Waals surface area contributed by atoms with Crippen LogP contribution in [0.2, 0.25) is 0 Å². The molecule has 1 aliphatic heterocycles. The van der Waals surface area contributed by atoms with Crippen molar-refractivity contribution in [1.29, 1.82) is 0 Å². The van der Waals surface area contributed by atoms with E-state index in [9.17, 15) is 5.11 Å². The summed E-state index contributed by atoms with van der Waals surface area (Å²) in [7, 11) is 0. The van der Waals surface area contributed by atoms with Gasteiger partial charge in [-0.3, -0.25) is 4.90 Å². The minimum atomic E-state index is 0.349. The fourth-order valence-electron chi connectivity index (χ4n) is 3.12. The molecular formula is C17H27NO. The second-order valence-corrected chi connectivity index (χ2v) is 6.94. The maximum atomic E-state index is 9.36. The highest BCUT2D eigenvalue weighted by Gasteiger charge is 2.30. The van der Waals surface area contributed by atoms with Gasteiger partial charge in [0.2, 0.25) is 0 Å². The molecule has 19 heavy (non-hydrogen) atoms. The first kappa shape index (κ1) is 14.4. The molecule has 106 valence electrons. The van der Waals surface area contributed by atoms with E-state index in [0.717, 1.165) is 5.92 Å². The highest BCUT2D eigenvalue weighted by Crippen LogP contribution is 2.36. The summed E-state index contributed by atoms with van der Waals surface area (Å²) in [4.78, 5) is 2.56. The minimum Gasteiger partial charge on any atom is -0.508 e. The second kappa shape index (κ2) is 5.54. The van der Waals surface area contributed by atoms with Crippen molar-refractivity contribution in [1.82, 2.24) is 4.90 Å². The summed E-state index contributed by atoms with van der Waals surface area (Å²) in [6, 6.07) is 8.09. The predicted molar refractivity (Wildman–Crippen MR) is 80.3 cm³/mol. The van der Waals surface area contributed by atoms with Crippen LogP contribution in [0.15, 0.2) is 24.3 Å². The molecular weight excluding hydrogens is 234 g/mol. The van der Waals surface area contributed by atoms with Crippen molar-refractivity contribution in [3.8, 4) is 5.75 Å². The SMILES string of the molecule is CC(c1ccc(O)cc1)N1CCC(C(C)(C)C)CC1. The topological polar surface area (TPSA) is 23.5 Å². The Balaban J connectivity index is 1.96. The Bertz CT molecular complexity index is 396. The Morgan fingerprint density at radius 1 is 1.11 bits per heavy atom. The van der Waals surface area contributed by atoms with Crippen LogP contribution in [-0.2, 0) is 0 Å². The Hall–Kier alpha value is -1.02. The predicted octanol–water partition coefficient (Wildman–Crippen LogP) is 4.21. The molecule has 1 saturated heterocycles. The summed E-state index contributed by atoms with van der Waals surface area (Å²) in [5.41, 5.74) is 1.74. The van der Waals surface area contributed by atoms with Crippen LogP contribution in [0, 0.1) is 11.3 Å². The van der Waals surface area contributed by atoms with E-state index in [0.29, 0.717) is 17.2 Å². The number of likely N-dealkylation sites (tertiary alicyclic amines) is 1. The molecule has 1 fully saturated rings. The summed E-state index contributed by atoms with van der Waals surface area (Å²) in [5.74, 6) is 1.19. The average molecular weight is 261 g/mol. The average Bonchev–Trinajstić information content (AvgIpc) is 2.38. The lowest BCUT2D eigenvalue weighted by molar-refractivity contribution is 0.0877. The van der Waals surface area contributed by atoms with E-state index >= 15 is 0 Å². The number of rotatable bonds is 2. The van der Waals surface area contributed by atoms with Crippen LogP contribution in [0.25, 0.3) is 0 Å². The maximum Gasteiger partial charge on any atom is 0.115 e. The molecule has 1 aromatic rings. The largest absolute Gasteiger partial charge is 0.508 e. The standard InChI is InChI=1S/C17H27NO/c1-13(14-5-7-16(19)8-6-14)18-11-9-15(10-12-18)17(2,3)4/h5-8,13,15,19H,9-12H2,1-4H3. The molecule has 0 bridgehead atoms. The number of hydrogen-bond acceptors (Lipinski definition) is 2. The van der Waals surface area contributed by atoms with Crippen LogP contribution < -0.4 is 0 Å². The third-order valence-corrected chi connectivity index (χ3v) is 4.68. The molecule has 1 heterocycles. The number of aromatic hydroxyl groups is 1. The monoisotopic (exact) mass is 261 g/mol. The molecule has 0 aliphatic carbocycles. The summed E-state index contributed by atoms with van der Waals surface area (Å²) < 4.78 is 0. The summed E-state index contributed by atoms with van der Waals surface area (Å²) in [6.07, 6.45) is 2.60. The molecule has 2 heteroatoms. The van der Waals surface area contributed by atoms with Gasteiger partial charge in [-0.2, -0.15) is 0 Å². The molecule has 1 unspecified atom stereocenters. The van der Waals surface area contributed by atoms with Crippen LogP contribution in [-0.4, -0.2) is 23.1 Å². The van der Waals surface area contributed by atoms with Crippen molar-refractivity contribution in [2.75, 3.05) is 13.1 Å². The highest BCUT2D eigenvalue weighted by atomic mass is 16.3. The van der Waals surface area contributed by atoms with Crippen molar-refractivity contribution in [2.45, 2.75) is 46.6 Å². The van der Waals surface area contributed by atoms with Gasteiger partial charge in [-0.25, -0.2) is 0 Å². The van der Waals surface area contributed by atoms with E-state index in [-0.39, 0.29) is 0 Å². The number of piperidine rings is 1. The van der Waals surface area contributed by atoms with Gasteiger partial charge in [0.1, 0.15) is 5.75 Å². The zero-order valence-electron chi connectivity index (χ0n) is 12.7. The zero-order chi connectivity index (χ0) is 14.0. The van der Waals surface area contributed by atoms with Gasteiger partial charge in [0.15, 0.2) is 0 Å². The fourth-order valence-corrected chi connectivity index (χ4v) is 3.12. The molecule has 1 atom stereocenters. The van der Waals surface area contributed by atoms with Crippen LogP contribution in [0.1, 0.15) is 52.1 Å². The lowest BCUT2D eigenvalue weighted by atomic mass is 9.75. The summed E-state index contributed by atoms with van der Waals surface area (Å²) >= 11 is 0. The van der Waals surface area contributed by atoms with E-state index in [1.165, 1.54) is 31.5 Å². The Labute approximate surface area is 117 Å². The zero-order valence-corrected chi connectivity index (χ0v) is 12.7. The van der Waals surface area contributed by atoms with E-state index < -0.39 is 0 Å². The van der Waals surface area contributed by atoms with E-state index in [1.807, 2.05) is 12.1 Å². The van der Waals surface area contributed by atoms with Gasteiger partial charge in [0, 0.05) is 6.04 Å². The summed E-state index contributed by atoms with van der Waals surface area (Å²) in [6.45, 7) is 11.7. The summed E-state index contributed by atoms with van der Waals surface area (Å²) in [5, 5.41) is 9.36. The Morgan fingerprint density at radius 3 is 2.11 bits per heavy atom. The van der Waals surface area contributed by atoms with E-state index in [4.69, 9.17) is 0 Å². The van der Waals surface area contributed by atoms with Crippen molar-refractivity contribution in [3.05, 3.63) is 29.8 Å². The molecule has 2 nitrogen and oxygen atoms in total. The number of phenols is 1. The fraction of sp³-hybridized carbons (Fsp3) is 0.647. The van der Waals surface area contributed by atoms with Gasteiger partial charge >= 0.3 is 0 Å². The number of nitrogens with zero attached hydrogens (tertiary/aromatic N) is 1. The van der Waals surface area contributed by atoms with Crippen molar-refractivity contribution < 1.29 is 5.11 Å². The van der Waals surface area contributed by atoms with Gasteiger partial charge < -0.3 is 5.11 Å². The molecule has 0 amide bonds. The van der Waals surface area contributed by atoms with Crippen LogP contribution in [0.4, 0.5) is 0 Å². The van der Waals surface area contributed by atoms with Crippen LogP contribution in [0.3, 0.4) is 0 Å². The van der Waals surface area contributed by atoms with Crippen molar-refractivity contribution >= 4 is 0 Å². The molecule has 1 N–H and O–H groups in total. The molecule has 1 aromatic carbocycles. The third kappa shape index (κ3) is 3.50. The molecule has 0 saturated carbocycles. The van der Waals surface area contributed by atoms with Gasteiger partial charge in [-0.15, -0.1) is 0 Å². The quantitative estimate of drug-likeness (QED) is 0.862. The lowest BCUT2D eigenvalue weighted by Crippen LogP contribution is -2.39. The number of hydrogen-bond donors (Lipinski definition) is 1. The van der Waals surface area contributed by atoms with Gasteiger partial charge in [-0.05, 0) is 61.9 Å². The maximum absolute atomic E-state index is 9.36. The molecule has 0 spiro atoms. The minimum absolute atomic E-state index is 0.349. The van der Waals surface area contributed by atoms with Gasteiger partial charge in [0.05, 0.1) is 0 Å². The van der Waals surface area contributed by atoms with Gasteiger partial charge in [-0.1, -0.05) is 32.9 Å². The van der Waals surface area contributed by atoms with Crippen LogP contribution in [0.5, 0.6) is 5.75 Å². The molecule has 0 radical (unpaired) electrons. The Kier molecular flexibility index (Phi) is 4.19. The Morgan fingerprint density at radius 2 is 1.63 bits per heavy atom.